The molecule has 1 N–H and O–H groups in total. The predicted molar refractivity (Wildman–Crippen MR) is 100 cm³/mol. The number of hydrogen-bond acceptors (Lipinski definition) is 6. The number of carbonyl (C=O) groups is 2. The second-order valence-electron chi connectivity index (χ2n) is 5.16. The molecule has 134 valence electrons. The van der Waals surface area contributed by atoms with Crippen LogP contribution < -0.4 is 10.1 Å². The van der Waals surface area contributed by atoms with Crippen LogP contribution in [0.3, 0.4) is 0 Å². The number of para-hydroxylation sites is 1. The van der Waals surface area contributed by atoms with Gasteiger partial charge in [0.15, 0.2) is 0 Å². The molecule has 0 fully saturated rings. The van der Waals surface area contributed by atoms with Gasteiger partial charge in [-0.15, -0.1) is 11.3 Å². The third-order valence-corrected chi connectivity index (χ3v) is 4.70. The molecule has 1 heterocycles. The maximum atomic E-state index is 12.2. The van der Waals surface area contributed by atoms with Gasteiger partial charge in [0, 0.05) is 11.6 Å². The van der Waals surface area contributed by atoms with Crippen LogP contribution in [0.15, 0.2) is 30.3 Å². The van der Waals surface area contributed by atoms with Gasteiger partial charge < -0.3 is 14.8 Å². The van der Waals surface area contributed by atoms with Gasteiger partial charge in [0.25, 0.3) is 0 Å². The number of ether oxygens (including phenoxy) is 2. The van der Waals surface area contributed by atoms with Gasteiger partial charge in [0.1, 0.15) is 21.7 Å². The number of hydrogen-bond donors (Lipinski definition) is 1. The summed E-state index contributed by atoms with van der Waals surface area (Å²) >= 11 is 1.03. The molecule has 26 heavy (non-hydrogen) atoms. The predicted octanol–water partition coefficient (Wildman–Crippen LogP) is 3.77. The third-order valence-electron chi connectivity index (χ3n) is 3.51. The summed E-state index contributed by atoms with van der Waals surface area (Å²) in [5, 5.41) is 12.3. The lowest BCUT2D eigenvalue weighted by atomic mass is 10.1. The molecule has 0 aliphatic heterocycles. The smallest absolute Gasteiger partial charge is 0.348 e. The lowest BCUT2D eigenvalue weighted by Gasteiger charge is -2.03. The summed E-state index contributed by atoms with van der Waals surface area (Å²) in [4.78, 5) is 24.5. The number of benzene rings is 1. The summed E-state index contributed by atoms with van der Waals surface area (Å²) < 4.78 is 10.2. The quantitative estimate of drug-likeness (QED) is 0.618. The van der Waals surface area contributed by atoms with E-state index in [1.807, 2.05) is 24.3 Å². The van der Waals surface area contributed by atoms with Gasteiger partial charge in [0.05, 0.1) is 19.3 Å². The Morgan fingerprint density at radius 2 is 2.08 bits per heavy atom. The van der Waals surface area contributed by atoms with Gasteiger partial charge in [-0.25, -0.2) is 4.79 Å². The fraction of sp³-hybridized carbons (Fsp3) is 0.211. The number of methoxy groups -OCH3 is 1. The van der Waals surface area contributed by atoms with Crippen LogP contribution >= 0.6 is 11.3 Å². The normalized spacial score (nSPS) is 10.4. The van der Waals surface area contributed by atoms with Crippen molar-refractivity contribution in [3.63, 3.8) is 0 Å². The minimum Gasteiger partial charge on any atom is -0.496 e. The van der Waals surface area contributed by atoms with Crippen LogP contribution in [-0.4, -0.2) is 25.6 Å². The van der Waals surface area contributed by atoms with Crippen LogP contribution in [0.25, 0.3) is 6.08 Å². The lowest BCUT2D eigenvalue weighted by Crippen LogP contribution is -2.07. The highest BCUT2D eigenvalue weighted by molar-refractivity contribution is 7.18. The second kappa shape index (κ2) is 8.83. The summed E-state index contributed by atoms with van der Waals surface area (Å²) in [6, 6.07) is 9.30. The van der Waals surface area contributed by atoms with E-state index in [0.29, 0.717) is 21.2 Å². The highest BCUT2D eigenvalue weighted by Gasteiger charge is 2.21. The number of nitrogens with zero attached hydrogens (tertiary/aromatic N) is 1. The number of rotatable bonds is 6. The Kier molecular flexibility index (Phi) is 6.53. The van der Waals surface area contributed by atoms with E-state index in [0.717, 1.165) is 16.9 Å². The van der Waals surface area contributed by atoms with Crippen molar-refractivity contribution >= 4 is 34.3 Å². The van der Waals surface area contributed by atoms with Crippen molar-refractivity contribution in [3.05, 3.63) is 51.9 Å². The molecule has 0 bridgehead atoms. The maximum Gasteiger partial charge on any atom is 0.348 e. The van der Waals surface area contributed by atoms with Crippen LogP contribution in [-0.2, 0) is 9.53 Å². The molecule has 6 nitrogen and oxygen atoms in total. The molecular formula is C19H18N2O4S. The summed E-state index contributed by atoms with van der Waals surface area (Å²) in [6.45, 7) is 3.60. The van der Waals surface area contributed by atoms with E-state index >= 15 is 0 Å². The Morgan fingerprint density at radius 1 is 1.35 bits per heavy atom. The summed E-state index contributed by atoms with van der Waals surface area (Å²) in [6.07, 6.45) is 2.96. The van der Waals surface area contributed by atoms with Crippen molar-refractivity contribution in [2.75, 3.05) is 19.0 Å². The van der Waals surface area contributed by atoms with E-state index in [-0.39, 0.29) is 12.2 Å². The Morgan fingerprint density at radius 3 is 2.73 bits per heavy atom. The third kappa shape index (κ3) is 4.29. The zero-order chi connectivity index (χ0) is 19.1. The first-order valence-corrected chi connectivity index (χ1v) is 8.66. The van der Waals surface area contributed by atoms with Gasteiger partial charge in [-0.3, -0.25) is 4.79 Å². The standard InChI is InChI=1S/C19H18N2O4S/c1-4-25-19(23)17-12(2)14(11-20)18(26-17)21-16(22)10-9-13-7-5-6-8-15(13)24-3/h5-10H,4H2,1-3H3,(H,21,22). The number of nitrogens with one attached hydrogen (secondary N) is 1. The molecule has 2 aromatic rings. The molecule has 1 amide bonds. The van der Waals surface area contributed by atoms with E-state index in [2.05, 4.69) is 5.32 Å². The molecule has 0 saturated carbocycles. The van der Waals surface area contributed by atoms with E-state index < -0.39 is 11.9 Å². The Balaban J connectivity index is 2.21. The van der Waals surface area contributed by atoms with Crippen molar-refractivity contribution in [1.29, 1.82) is 5.26 Å². The minimum atomic E-state index is -0.503. The molecule has 1 aromatic heterocycles. The van der Waals surface area contributed by atoms with Crippen molar-refractivity contribution < 1.29 is 19.1 Å². The highest BCUT2D eigenvalue weighted by atomic mass is 32.1. The fourth-order valence-corrected chi connectivity index (χ4v) is 3.30. The molecule has 2 rings (SSSR count). The number of nitriles is 1. The van der Waals surface area contributed by atoms with Gasteiger partial charge in [-0.1, -0.05) is 18.2 Å². The average Bonchev–Trinajstić information content (AvgIpc) is 2.95. The molecule has 0 aliphatic carbocycles. The monoisotopic (exact) mass is 370 g/mol. The topological polar surface area (TPSA) is 88.4 Å². The van der Waals surface area contributed by atoms with Gasteiger partial charge in [-0.2, -0.15) is 5.26 Å². The first-order chi connectivity index (χ1) is 12.5. The summed E-state index contributed by atoms with van der Waals surface area (Å²) in [7, 11) is 1.55. The first-order valence-electron chi connectivity index (χ1n) is 7.84. The Labute approximate surface area is 155 Å². The Hall–Kier alpha value is -3.11. The van der Waals surface area contributed by atoms with Gasteiger partial charge >= 0.3 is 5.97 Å². The van der Waals surface area contributed by atoms with E-state index in [1.165, 1.54) is 6.08 Å². The zero-order valence-corrected chi connectivity index (χ0v) is 15.5. The van der Waals surface area contributed by atoms with Gasteiger partial charge in [0.2, 0.25) is 5.91 Å². The Bertz CT molecular complexity index is 893. The fourth-order valence-electron chi connectivity index (χ4n) is 2.25. The zero-order valence-electron chi connectivity index (χ0n) is 14.7. The molecule has 0 spiro atoms. The molecule has 0 unspecified atom stereocenters. The average molecular weight is 370 g/mol. The second-order valence-corrected chi connectivity index (χ2v) is 6.18. The molecule has 0 saturated heterocycles. The summed E-state index contributed by atoms with van der Waals surface area (Å²) in [5.74, 6) is -0.272. The molecule has 0 aliphatic rings. The number of carbonyl (C=O) groups excluding carboxylic acids is 2. The molecule has 1 aromatic carbocycles. The number of anilines is 1. The molecule has 0 atom stereocenters. The SMILES string of the molecule is CCOC(=O)c1sc(NC(=O)C=Cc2ccccc2OC)c(C#N)c1C. The number of thiophene rings is 1. The molecule has 7 heteroatoms. The lowest BCUT2D eigenvalue weighted by molar-refractivity contribution is -0.111. The van der Waals surface area contributed by atoms with E-state index in [4.69, 9.17) is 9.47 Å². The molecule has 0 radical (unpaired) electrons. The van der Waals surface area contributed by atoms with Gasteiger partial charge in [-0.05, 0) is 31.6 Å². The van der Waals surface area contributed by atoms with Crippen LogP contribution in [0.5, 0.6) is 5.75 Å². The van der Waals surface area contributed by atoms with E-state index in [9.17, 15) is 14.9 Å². The van der Waals surface area contributed by atoms with Crippen molar-refractivity contribution in [1.82, 2.24) is 0 Å². The van der Waals surface area contributed by atoms with Crippen LogP contribution in [0, 0.1) is 18.3 Å². The van der Waals surface area contributed by atoms with Crippen LogP contribution in [0.1, 0.15) is 33.3 Å². The largest absolute Gasteiger partial charge is 0.496 e. The minimum absolute atomic E-state index is 0.237. The highest BCUT2D eigenvalue weighted by Crippen LogP contribution is 2.33. The summed E-state index contributed by atoms with van der Waals surface area (Å²) in [5.41, 5.74) is 1.51. The van der Waals surface area contributed by atoms with Crippen LogP contribution in [0.2, 0.25) is 0 Å². The number of amides is 1. The van der Waals surface area contributed by atoms with E-state index in [1.54, 1.807) is 33.1 Å². The molecular weight excluding hydrogens is 352 g/mol. The van der Waals surface area contributed by atoms with Crippen molar-refractivity contribution in [2.45, 2.75) is 13.8 Å². The maximum absolute atomic E-state index is 12.2. The first kappa shape index (κ1) is 19.2. The van der Waals surface area contributed by atoms with Crippen molar-refractivity contribution in [3.8, 4) is 11.8 Å². The van der Waals surface area contributed by atoms with Crippen LogP contribution in [0.4, 0.5) is 5.00 Å². The number of esters is 1. The van der Waals surface area contributed by atoms with Crippen molar-refractivity contribution in [2.24, 2.45) is 0 Å².